The minimum atomic E-state index is -2.24. The molecule has 0 spiro atoms. The molecule has 0 radical (unpaired) electrons. The zero-order valence-electron chi connectivity index (χ0n) is 14.4. The number of rotatable bonds is 5. The van der Waals surface area contributed by atoms with Crippen molar-refractivity contribution in [1.82, 2.24) is 5.32 Å². The summed E-state index contributed by atoms with van der Waals surface area (Å²) in [6.07, 6.45) is -8.23. The Bertz CT molecular complexity index is 628. The molecule has 0 unspecified atom stereocenters. The molecule has 2 rings (SSSR count). The predicted octanol–water partition coefficient (Wildman–Crippen LogP) is -6.23. The van der Waals surface area contributed by atoms with Gasteiger partial charge in [0.1, 0.15) is 36.1 Å². The molecule has 1 aromatic carbocycles. The molecule has 9 nitrogen and oxygen atoms in total. The van der Waals surface area contributed by atoms with Crippen molar-refractivity contribution in [3.8, 4) is 0 Å². The number of aliphatic carboxylic acids is 1. The van der Waals surface area contributed by atoms with Gasteiger partial charge >= 0.3 is 18.9 Å². The third-order valence-corrected chi connectivity index (χ3v) is 4.29. The number of carboxylic acids is 1. The topological polar surface area (TPSA) is 159 Å². The first-order valence-corrected chi connectivity index (χ1v) is 7.62. The van der Waals surface area contributed by atoms with Crippen LogP contribution in [-0.2, 0) is 9.53 Å². The number of aliphatic hydroxyl groups is 4. The van der Waals surface area contributed by atoms with Crippen LogP contribution in [0.3, 0.4) is 0 Å². The predicted molar refractivity (Wildman–Crippen MR) is 81.1 cm³/mol. The molecule has 1 fully saturated rings. The van der Waals surface area contributed by atoms with E-state index in [4.69, 9.17) is 4.74 Å². The van der Waals surface area contributed by atoms with Crippen molar-refractivity contribution in [3.05, 3.63) is 35.9 Å². The maximum Gasteiger partial charge on any atom is 1.00 e. The van der Waals surface area contributed by atoms with E-state index in [1.807, 2.05) is 0 Å². The molecule has 1 amide bonds. The molecule has 0 aliphatic carbocycles. The van der Waals surface area contributed by atoms with E-state index >= 15 is 0 Å². The second kappa shape index (κ2) is 8.97. The molecule has 1 heterocycles. The van der Waals surface area contributed by atoms with Crippen molar-refractivity contribution in [2.75, 3.05) is 6.61 Å². The fraction of sp³-hybridized carbons (Fsp3) is 0.500. The van der Waals surface area contributed by atoms with Crippen LogP contribution in [-0.4, -0.2) is 75.0 Å². The molecular formula is C16H20LiNO8. The Morgan fingerprint density at radius 1 is 1.15 bits per heavy atom. The molecule has 138 valence electrons. The van der Waals surface area contributed by atoms with Crippen molar-refractivity contribution >= 4 is 11.9 Å². The first kappa shape index (κ1) is 22.6. The van der Waals surface area contributed by atoms with Gasteiger partial charge in [0, 0.05) is 5.56 Å². The smallest absolute Gasteiger partial charge is 0.547 e. The van der Waals surface area contributed by atoms with Gasteiger partial charge in [-0.3, -0.25) is 4.79 Å². The number of carbonyl (C=O) groups excluding carboxylic acids is 2. The molecular weight excluding hydrogens is 341 g/mol. The van der Waals surface area contributed by atoms with Gasteiger partial charge in [-0.2, -0.15) is 0 Å². The minimum absolute atomic E-state index is 0. The summed E-state index contributed by atoms with van der Waals surface area (Å²) in [5, 5.41) is 52.9. The number of ether oxygens (including phenoxy) is 1. The third-order valence-electron chi connectivity index (χ3n) is 4.29. The van der Waals surface area contributed by atoms with Crippen LogP contribution in [0.1, 0.15) is 17.3 Å². The average molecular weight is 361 g/mol. The Labute approximate surface area is 161 Å². The number of amides is 1. The van der Waals surface area contributed by atoms with E-state index in [2.05, 4.69) is 5.32 Å². The van der Waals surface area contributed by atoms with Crippen LogP contribution < -0.4 is 29.3 Å². The SMILES string of the molecule is C[C@@](NC(=O)c1ccccc1)(C(=O)[O-])[C@H]1O[C@H](CO)[C@@H](O)[C@H](O)[C@@H]1O.[Li+]. The Balaban J connectivity index is 0.00000338. The van der Waals surface area contributed by atoms with Gasteiger partial charge in [-0.25, -0.2) is 0 Å². The van der Waals surface area contributed by atoms with E-state index in [1.54, 1.807) is 18.2 Å². The van der Waals surface area contributed by atoms with E-state index < -0.39 is 54.5 Å². The summed E-state index contributed by atoms with van der Waals surface area (Å²) >= 11 is 0. The number of carbonyl (C=O) groups is 2. The van der Waals surface area contributed by atoms with Crippen LogP contribution in [0.5, 0.6) is 0 Å². The van der Waals surface area contributed by atoms with Crippen LogP contribution in [0.4, 0.5) is 0 Å². The number of carboxylic acid groups (broad SMARTS) is 1. The molecule has 0 saturated carbocycles. The molecule has 0 aromatic heterocycles. The average Bonchev–Trinajstić information content (AvgIpc) is 2.60. The summed E-state index contributed by atoms with van der Waals surface area (Å²) < 4.78 is 5.25. The zero-order valence-corrected chi connectivity index (χ0v) is 14.4. The van der Waals surface area contributed by atoms with Gasteiger partial charge < -0.3 is 40.4 Å². The molecule has 1 saturated heterocycles. The first-order valence-electron chi connectivity index (χ1n) is 7.62. The Hall–Kier alpha value is -1.44. The van der Waals surface area contributed by atoms with Crippen molar-refractivity contribution < 1.29 is 58.7 Å². The van der Waals surface area contributed by atoms with Gasteiger partial charge in [0.2, 0.25) is 0 Å². The summed E-state index contributed by atoms with van der Waals surface area (Å²) in [7, 11) is 0. The maximum absolute atomic E-state index is 12.3. The standard InChI is InChI=1S/C16H21NO8.Li/c1-16(15(23)24,17-14(22)8-5-3-2-4-6-8)13-12(21)11(20)10(19)9(7-18)25-13;/h2-6,9-13,18-21H,7H2,1H3,(H,17,22)(H,23,24);/q;+1/p-1/t9-,10-,11+,12+,13+,16+;/m1./s1. The molecule has 1 aliphatic rings. The van der Waals surface area contributed by atoms with Crippen molar-refractivity contribution in [2.45, 2.75) is 43.0 Å². The molecule has 5 N–H and O–H groups in total. The van der Waals surface area contributed by atoms with Gasteiger partial charge in [-0.1, -0.05) is 18.2 Å². The van der Waals surface area contributed by atoms with E-state index in [-0.39, 0.29) is 24.4 Å². The van der Waals surface area contributed by atoms with Crippen LogP contribution >= 0.6 is 0 Å². The van der Waals surface area contributed by atoms with Crippen LogP contribution in [0.25, 0.3) is 0 Å². The van der Waals surface area contributed by atoms with Crippen LogP contribution in [0.2, 0.25) is 0 Å². The number of aliphatic hydroxyl groups excluding tert-OH is 4. The minimum Gasteiger partial charge on any atom is -0.547 e. The normalized spacial score (nSPS) is 30.6. The molecule has 26 heavy (non-hydrogen) atoms. The van der Waals surface area contributed by atoms with Crippen LogP contribution in [0.15, 0.2) is 30.3 Å². The summed E-state index contributed by atoms with van der Waals surface area (Å²) in [6, 6.07) is 7.75. The molecule has 1 aromatic rings. The zero-order chi connectivity index (χ0) is 18.8. The Morgan fingerprint density at radius 2 is 1.73 bits per heavy atom. The van der Waals surface area contributed by atoms with Gasteiger partial charge in [0.05, 0.1) is 12.6 Å². The van der Waals surface area contributed by atoms with Gasteiger partial charge in [-0.05, 0) is 19.1 Å². The number of hydrogen-bond acceptors (Lipinski definition) is 8. The van der Waals surface area contributed by atoms with Crippen molar-refractivity contribution in [3.63, 3.8) is 0 Å². The van der Waals surface area contributed by atoms with Crippen LogP contribution in [0, 0.1) is 0 Å². The largest absolute Gasteiger partial charge is 1.00 e. The Kier molecular flexibility index (Phi) is 7.80. The first-order chi connectivity index (χ1) is 11.7. The summed E-state index contributed by atoms with van der Waals surface area (Å²) in [6.45, 7) is 0.327. The van der Waals surface area contributed by atoms with E-state index in [9.17, 15) is 35.1 Å². The fourth-order valence-corrected chi connectivity index (χ4v) is 2.71. The summed E-state index contributed by atoms with van der Waals surface area (Å²) in [4.78, 5) is 24.0. The molecule has 0 bridgehead atoms. The summed E-state index contributed by atoms with van der Waals surface area (Å²) in [5.41, 5.74) is -2.07. The fourth-order valence-electron chi connectivity index (χ4n) is 2.71. The second-order valence-corrected chi connectivity index (χ2v) is 6.06. The summed E-state index contributed by atoms with van der Waals surface area (Å²) in [5.74, 6) is -2.52. The van der Waals surface area contributed by atoms with E-state index in [0.29, 0.717) is 0 Å². The Morgan fingerprint density at radius 3 is 2.23 bits per heavy atom. The quantitative estimate of drug-likeness (QED) is 0.324. The third kappa shape index (κ3) is 4.27. The second-order valence-electron chi connectivity index (χ2n) is 6.06. The van der Waals surface area contributed by atoms with Crippen molar-refractivity contribution in [1.29, 1.82) is 0 Å². The number of nitrogens with one attached hydrogen (secondary N) is 1. The molecule has 1 aliphatic heterocycles. The maximum atomic E-state index is 12.3. The van der Waals surface area contributed by atoms with E-state index in [0.717, 1.165) is 6.92 Å². The molecule has 6 atom stereocenters. The van der Waals surface area contributed by atoms with Gasteiger partial charge in [-0.15, -0.1) is 0 Å². The van der Waals surface area contributed by atoms with E-state index in [1.165, 1.54) is 12.1 Å². The van der Waals surface area contributed by atoms with Gasteiger partial charge in [0.25, 0.3) is 5.91 Å². The monoisotopic (exact) mass is 361 g/mol. The molecule has 10 heteroatoms. The number of benzene rings is 1. The number of hydrogen-bond donors (Lipinski definition) is 5. The van der Waals surface area contributed by atoms with Gasteiger partial charge in [0.15, 0.2) is 0 Å². The van der Waals surface area contributed by atoms with Crippen molar-refractivity contribution in [2.24, 2.45) is 0 Å².